The van der Waals surface area contributed by atoms with Gasteiger partial charge in [0.15, 0.2) is 11.5 Å². The number of rotatable bonds is 4. The summed E-state index contributed by atoms with van der Waals surface area (Å²) in [5, 5.41) is 2.74. The normalized spacial score (nSPS) is 23.0. The number of nitrogens with one attached hydrogen (secondary N) is 1. The van der Waals surface area contributed by atoms with Crippen molar-refractivity contribution in [2.24, 2.45) is 4.40 Å². The van der Waals surface area contributed by atoms with E-state index in [9.17, 15) is 13.2 Å². The summed E-state index contributed by atoms with van der Waals surface area (Å²) in [6.07, 6.45) is 3.24. The largest absolute Gasteiger partial charge is 0.454 e. The van der Waals surface area contributed by atoms with Crippen LogP contribution in [0.5, 0.6) is 11.5 Å². The Morgan fingerprint density at radius 1 is 1.33 bits per heavy atom. The molecule has 1 aromatic rings. The first-order valence-corrected chi connectivity index (χ1v) is 9.94. The van der Waals surface area contributed by atoms with Crippen molar-refractivity contribution < 1.29 is 27.4 Å². The van der Waals surface area contributed by atoms with Gasteiger partial charge in [0, 0.05) is 25.8 Å². The molecule has 9 nitrogen and oxygen atoms in total. The third-order valence-corrected chi connectivity index (χ3v) is 5.90. The van der Waals surface area contributed by atoms with Gasteiger partial charge in [-0.2, -0.15) is 8.42 Å². The van der Waals surface area contributed by atoms with E-state index in [1.54, 1.807) is 18.2 Å². The molecule has 10 heteroatoms. The maximum atomic E-state index is 12.6. The molecule has 1 atom stereocenters. The Kier molecular flexibility index (Phi) is 4.52. The molecular formula is C17H19N3O6S. The van der Waals surface area contributed by atoms with Crippen molar-refractivity contribution in [2.75, 3.05) is 27.0 Å². The summed E-state index contributed by atoms with van der Waals surface area (Å²) < 4.78 is 45.5. The fraction of sp³-hybridized carbons (Fsp3) is 0.412. The van der Waals surface area contributed by atoms with E-state index in [1.165, 1.54) is 13.1 Å². The smallest absolute Gasteiger partial charge is 0.345 e. The van der Waals surface area contributed by atoms with Gasteiger partial charge < -0.3 is 19.5 Å². The molecule has 1 N–H and O–H groups in total. The Balaban J connectivity index is 1.60. The highest BCUT2D eigenvalue weighted by Gasteiger charge is 2.31. The minimum absolute atomic E-state index is 0.00402. The zero-order valence-electron chi connectivity index (χ0n) is 14.7. The summed E-state index contributed by atoms with van der Waals surface area (Å²) in [5.41, 5.74) is 0.671. The fourth-order valence-corrected chi connectivity index (χ4v) is 3.97. The molecule has 144 valence electrons. The van der Waals surface area contributed by atoms with Gasteiger partial charge in [-0.25, -0.2) is 4.31 Å². The van der Waals surface area contributed by atoms with Crippen molar-refractivity contribution >= 4 is 21.8 Å². The van der Waals surface area contributed by atoms with Crippen molar-refractivity contribution in [3.05, 3.63) is 35.5 Å². The van der Waals surface area contributed by atoms with Gasteiger partial charge in [-0.05, 0) is 37.1 Å². The van der Waals surface area contributed by atoms with E-state index in [0.717, 1.165) is 17.1 Å². The zero-order valence-corrected chi connectivity index (χ0v) is 15.5. The summed E-state index contributed by atoms with van der Waals surface area (Å²) in [6.45, 7) is 1.12. The van der Waals surface area contributed by atoms with Crippen LogP contribution in [-0.2, 0) is 19.7 Å². The minimum Gasteiger partial charge on any atom is -0.454 e. The van der Waals surface area contributed by atoms with Gasteiger partial charge in [0.2, 0.25) is 6.79 Å². The van der Waals surface area contributed by atoms with E-state index in [2.05, 4.69) is 9.71 Å². The number of ether oxygens (including phenoxy) is 3. The van der Waals surface area contributed by atoms with E-state index in [-0.39, 0.29) is 24.3 Å². The molecule has 1 amide bonds. The molecule has 0 aliphatic carbocycles. The van der Waals surface area contributed by atoms with Crippen LogP contribution in [0.25, 0.3) is 0 Å². The zero-order chi connectivity index (χ0) is 19.0. The highest BCUT2D eigenvalue weighted by atomic mass is 32.2. The molecule has 1 fully saturated rings. The summed E-state index contributed by atoms with van der Waals surface area (Å²) in [5.74, 6) is 0.586. The number of likely N-dealkylation sites (N-methyl/N-ethyl adjacent to an activating group) is 1. The lowest BCUT2D eigenvalue weighted by atomic mass is 10.1. The SMILES string of the molecule is CN1C(C(=O)NC[C@@H]2CCCO2)=CC(c2ccc3c(c2)OCO3)=NS1(=O)=O. The molecule has 3 aliphatic heterocycles. The summed E-state index contributed by atoms with van der Waals surface area (Å²) in [4.78, 5) is 12.6. The molecule has 0 spiro atoms. The first kappa shape index (κ1) is 17.8. The number of fused-ring (bicyclic) bond motifs is 1. The van der Waals surface area contributed by atoms with Gasteiger partial charge in [-0.15, -0.1) is 4.40 Å². The molecule has 0 unspecified atom stereocenters. The van der Waals surface area contributed by atoms with Gasteiger partial charge in [-0.3, -0.25) is 4.79 Å². The van der Waals surface area contributed by atoms with Gasteiger partial charge in [-0.1, -0.05) is 0 Å². The van der Waals surface area contributed by atoms with Gasteiger partial charge in [0.05, 0.1) is 11.8 Å². The molecule has 0 bridgehead atoms. The van der Waals surface area contributed by atoms with E-state index >= 15 is 0 Å². The molecule has 4 rings (SSSR count). The monoisotopic (exact) mass is 393 g/mol. The Hall–Kier alpha value is -2.59. The minimum atomic E-state index is -4.02. The highest BCUT2D eigenvalue weighted by Crippen LogP contribution is 2.33. The number of nitrogens with zero attached hydrogens (tertiary/aromatic N) is 2. The lowest BCUT2D eigenvalue weighted by molar-refractivity contribution is -0.118. The van der Waals surface area contributed by atoms with E-state index in [0.29, 0.717) is 30.2 Å². The Morgan fingerprint density at radius 2 is 2.15 bits per heavy atom. The molecular weight excluding hydrogens is 374 g/mol. The lowest BCUT2D eigenvalue weighted by Crippen LogP contribution is -2.40. The molecule has 0 radical (unpaired) electrons. The standard InChI is InChI=1S/C17H19N3O6S/c1-20-14(17(21)18-9-12-3-2-6-24-12)8-13(19-27(20,22)23)11-4-5-15-16(7-11)26-10-25-15/h4-5,7-8,12H,2-3,6,9-10H2,1H3,(H,18,21)/t12-/m0/s1. The highest BCUT2D eigenvalue weighted by molar-refractivity contribution is 7.88. The molecule has 3 heterocycles. The second kappa shape index (κ2) is 6.86. The number of hydrogen-bond acceptors (Lipinski definition) is 6. The van der Waals surface area contributed by atoms with Crippen LogP contribution in [0.15, 0.2) is 34.4 Å². The second-order valence-corrected chi connectivity index (χ2v) is 7.99. The third kappa shape index (κ3) is 3.50. The fourth-order valence-electron chi connectivity index (χ4n) is 3.06. The molecule has 27 heavy (non-hydrogen) atoms. The predicted octanol–water partition coefficient (Wildman–Crippen LogP) is 0.574. The molecule has 0 aromatic heterocycles. The van der Waals surface area contributed by atoms with E-state index < -0.39 is 16.1 Å². The molecule has 1 aromatic carbocycles. The van der Waals surface area contributed by atoms with Gasteiger partial charge in [0.25, 0.3) is 5.91 Å². The number of hydrogen-bond donors (Lipinski definition) is 1. The Labute approximate surface area is 156 Å². The first-order valence-electron chi connectivity index (χ1n) is 8.54. The number of carbonyl (C=O) groups is 1. The van der Waals surface area contributed by atoms with Crippen LogP contribution in [0.4, 0.5) is 0 Å². The van der Waals surface area contributed by atoms with Crippen molar-refractivity contribution in [1.82, 2.24) is 9.62 Å². The van der Waals surface area contributed by atoms with Crippen LogP contribution in [0.2, 0.25) is 0 Å². The van der Waals surface area contributed by atoms with E-state index in [4.69, 9.17) is 14.2 Å². The van der Waals surface area contributed by atoms with Crippen molar-refractivity contribution in [1.29, 1.82) is 0 Å². The van der Waals surface area contributed by atoms with Crippen LogP contribution in [-0.4, -0.2) is 57.4 Å². The van der Waals surface area contributed by atoms with Crippen LogP contribution in [0, 0.1) is 0 Å². The first-order chi connectivity index (χ1) is 12.9. The van der Waals surface area contributed by atoms with Gasteiger partial charge >= 0.3 is 10.2 Å². The Bertz CT molecular complexity index is 934. The predicted molar refractivity (Wildman–Crippen MR) is 95.9 cm³/mol. The molecule has 0 saturated carbocycles. The third-order valence-electron chi connectivity index (χ3n) is 4.59. The topological polar surface area (TPSA) is 107 Å². The van der Waals surface area contributed by atoms with Crippen molar-refractivity contribution in [3.63, 3.8) is 0 Å². The maximum Gasteiger partial charge on any atom is 0.345 e. The number of allylic oxidation sites excluding steroid dienone is 1. The second-order valence-electron chi connectivity index (χ2n) is 6.36. The van der Waals surface area contributed by atoms with Crippen LogP contribution in [0.3, 0.4) is 0 Å². The summed E-state index contributed by atoms with van der Waals surface area (Å²) >= 11 is 0. The van der Waals surface area contributed by atoms with Crippen LogP contribution < -0.4 is 14.8 Å². The summed E-state index contributed by atoms with van der Waals surface area (Å²) in [6, 6.07) is 4.99. The average Bonchev–Trinajstić information content (AvgIpc) is 3.32. The summed E-state index contributed by atoms with van der Waals surface area (Å²) in [7, 11) is -2.72. The van der Waals surface area contributed by atoms with Crippen LogP contribution >= 0.6 is 0 Å². The number of amides is 1. The quantitative estimate of drug-likeness (QED) is 0.802. The van der Waals surface area contributed by atoms with E-state index in [1.807, 2.05) is 0 Å². The van der Waals surface area contributed by atoms with Crippen LogP contribution in [0.1, 0.15) is 18.4 Å². The number of benzene rings is 1. The average molecular weight is 393 g/mol. The number of carbonyl (C=O) groups excluding carboxylic acids is 1. The van der Waals surface area contributed by atoms with Gasteiger partial charge in [0.1, 0.15) is 5.70 Å². The molecule has 3 aliphatic rings. The maximum absolute atomic E-state index is 12.6. The lowest BCUT2D eigenvalue weighted by Gasteiger charge is -2.24. The van der Waals surface area contributed by atoms with Crippen molar-refractivity contribution in [3.8, 4) is 11.5 Å². The molecule has 1 saturated heterocycles. The Morgan fingerprint density at radius 3 is 2.93 bits per heavy atom. The van der Waals surface area contributed by atoms with Crippen molar-refractivity contribution in [2.45, 2.75) is 18.9 Å².